The average Bonchev–Trinajstić information content (AvgIpc) is 2.86. The molecule has 0 aromatic carbocycles. The Hall–Kier alpha value is -0.550. The smallest absolute Gasteiger partial charge is 0.252 e. The Labute approximate surface area is 120 Å². The molecule has 2 rings (SSSR count). The van der Waals surface area contributed by atoms with Crippen molar-refractivity contribution < 1.29 is 4.79 Å². The highest BCUT2D eigenvalue weighted by atomic mass is 79.9. The van der Waals surface area contributed by atoms with Crippen molar-refractivity contribution in [1.82, 2.24) is 10.3 Å². The van der Waals surface area contributed by atoms with Crippen LogP contribution in [0.2, 0.25) is 0 Å². The van der Waals surface area contributed by atoms with Gasteiger partial charge in [-0.3, -0.25) is 4.79 Å². The molecule has 1 aromatic rings. The van der Waals surface area contributed by atoms with Crippen LogP contribution in [0.15, 0.2) is 22.9 Å². The number of nitrogens with one attached hydrogen (secondary N) is 1. The first kappa shape index (κ1) is 13.9. The number of rotatable bonds is 4. The number of hydrogen-bond donors (Lipinski definition) is 1. The van der Waals surface area contributed by atoms with Gasteiger partial charge < -0.3 is 5.32 Å². The van der Waals surface area contributed by atoms with Gasteiger partial charge in [-0.25, -0.2) is 4.98 Å². The van der Waals surface area contributed by atoms with Crippen LogP contribution in [0.25, 0.3) is 0 Å². The summed E-state index contributed by atoms with van der Waals surface area (Å²) >= 11 is 5.14. The van der Waals surface area contributed by atoms with Crippen molar-refractivity contribution in [1.29, 1.82) is 0 Å². The second-order valence-corrected chi connectivity index (χ2v) is 6.73. The fraction of sp³-hybridized carbons (Fsp3) is 0.538. The van der Waals surface area contributed by atoms with E-state index in [-0.39, 0.29) is 10.7 Å². The van der Waals surface area contributed by atoms with E-state index in [0.29, 0.717) is 5.56 Å². The minimum absolute atomic E-state index is 0.0321. The summed E-state index contributed by atoms with van der Waals surface area (Å²) < 4.78 is 0.994. The van der Waals surface area contributed by atoms with E-state index in [4.69, 9.17) is 0 Å². The van der Waals surface area contributed by atoms with Crippen molar-refractivity contribution in [3.8, 4) is 0 Å². The first-order valence-electron chi connectivity index (χ1n) is 6.10. The molecular formula is C13H17BrN2OS. The van der Waals surface area contributed by atoms with Crippen molar-refractivity contribution >= 4 is 33.6 Å². The van der Waals surface area contributed by atoms with Crippen LogP contribution in [0.5, 0.6) is 0 Å². The van der Waals surface area contributed by atoms with Crippen LogP contribution in [0.4, 0.5) is 0 Å². The number of nitrogens with zero attached hydrogens (tertiary/aromatic N) is 1. The first-order chi connectivity index (χ1) is 8.65. The number of pyridine rings is 1. The second-order valence-electron chi connectivity index (χ2n) is 4.65. The molecule has 0 atom stereocenters. The zero-order valence-electron chi connectivity index (χ0n) is 10.4. The Balaban J connectivity index is 1.93. The second kappa shape index (κ2) is 6.06. The molecule has 18 heavy (non-hydrogen) atoms. The van der Waals surface area contributed by atoms with E-state index in [2.05, 4.69) is 32.5 Å². The van der Waals surface area contributed by atoms with Crippen molar-refractivity contribution in [3.05, 3.63) is 28.5 Å². The molecule has 1 aliphatic rings. The summed E-state index contributed by atoms with van der Waals surface area (Å²) in [7, 11) is 0. The van der Waals surface area contributed by atoms with Crippen molar-refractivity contribution in [2.75, 3.05) is 12.8 Å². The zero-order chi connectivity index (χ0) is 13.0. The van der Waals surface area contributed by atoms with E-state index in [1.54, 1.807) is 18.3 Å². The number of carbonyl (C=O) groups is 1. The molecule has 1 amide bonds. The highest BCUT2D eigenvalue weighted by Crippen LogP contribution is 2.39. The normalized spacial score (nSPS) is 17.7. The Morgan fingerprint density at radius 3 is 2.78 bits per heavy atom. The minimum atomic E-state index is -0.0321. The third-order valence-corrected chi connectivity index (χ3v) is 5.40. The van der Waals surface area contributed by atoms with Gasteiger partial charge in [-0.2, -0.15) is 11.8 Å². The number of carbonyl (C=O) groups excluding carboxylic acids is 1. The van der Waals surface area contributed by atoms with Gasteiger partial charge in [-0.05, 0) is 47.2 Å². The molecule has 3 nitrogen and oxygen atoms in total. The molecule has 1 N–H and O–H groups in total. The molecular weight excluding hydrogens is 312 g/mol. The Kier molecular flexibility index (Phi) is 4.67. The molecule has 1 saturated carbocycles. The van der Waals surface area contributed by atoms with Gasteiger partial charge >= 0.3 is 0 Å². The molecule has 0 bridgehead atoms. The van der Waals surface area contributed by atoms with Crippen LogP contribution in [-0.2, 0) is 0 Å². The van der Waals surface area contributed by atoms with Crippen molar-refractivity contribution in [3.63, 3.8) is 0 Å². The van der Waals surface area contributed by atoms with Gasteiger partial charge in [0.25, 0.3) is 5.91 Å². The van der Waals surface area contributed by atoms with Gasteiger partial charge in [0, 0.05) is 17.5 Å². The molecule has 98 valence electrons. The van der Waals surface area contributed by atoms with Gasteiger partial charge in [0.1, 0.15) is 4.60 Å². The third kappa shape index (κ3) is 3.26. The summed E-state index contributed by atoms with van der Waals surface area (Å²) in [6, 6.07) is 3.57. The number of thioether (sulfide) groups is 1. The molecule has 0 aliphatic heterocycles. The highest BCUT2D eigenvalue weighted by molar-refractivity contribution is 9.10. The Morgan fingerprint density at radius 2 is 2.22 bits per heavy atom. The summed E-state index contributed by atoms with van der Waals surface area (Å²) in [4.78, 5) is 16.1. The number of hydrogen-bond acceptors (Lipinski definition) is 3. The van der Waals surface area contributed by atoms with Gasteiger partial charge in [-0.15, -0.1) is 0 Å². The van der Waals surface area contributed by atoms with Gasteiger partial charge in [0.15, 0.2) is 0 Å². The lowest BCUT2D eigenvalue weighted by Crippen LogP contribution is -2.38. The highest BCUT2D eigenvalue weighted by Gasteiger charge is 2.33. The van der Waals surface area contributed by atoms with Crippen LogP contribution in [0, 0.1) is 0 Å². The van der Waals surface area contributed by atoms with E-state index in [0.717, 1.165) is 11.1 Å². The van der Waals surface area contributed by atoms with Gasteiger partial charge in [-0.1, -0.05) is 12.8 Å². The quantitative estimate of drug-likeness (QED) is 0.862. The molecule has 0 saturated heterocycles. The maximum absolute atomic E-state index is 12.0. The summed E-state index contributed by atoms with van der Waals surface area (Å²) in [5, 5.41) is 3.04. The standard InChI is InChI=1S/C13H17BrN2OS/c1-18-13(6-2-3-7-13)9-16-12(17)10-4-5-11(14)15-8-10/h4-5,8H,2-3,6-7,9H2,1H3,(H,16,17). The van der Waals surface area contributed by atoms with Crippen LogP contribution in [0.3, 0.4) is 0 Å². The number of aromatic nitrogens is 1. The predicted octanol–water partition coefficient (Wildman–Crippen LogP) is 3.25. The van der Waals surface area contributed by atoms with Crippen molar-refractivity contribution in [2.24, 2.45) is 0 Å². The maximum Gasteiger partial charge on any atom is 0.252 e. The van der Waals surface area contributed by atoms with Crippen LogP contribution in [-0.4, -0.2) is 28.4 Å². The van der Waals surface area contributed by atoms with Crippen LogP contribution >= 0.6 is 27.7 Å². The van der Waals surface area contributed by atoms with E-state index in [1.807, 2.05) is 11.8 Å². The average molecular weight is 329 g/mol. The maximum atomic E-state index is 12.0. The van der Waals surface area contributed by atoms with E-state index < -0.39 is 0 Å². The molecule has 0 spiro atoms. The van der Waals surface area contributed by atoms with E-state index in [9.17, 15) is 4.79 Å². The monoisotopic (exact) mass is 328 g/mol. The molecule has 1 aromatic heterocycles. The summed E-state index contributed by atoms with van der Waals surface area (Å²) in [5.74, 6) is -0.0321. The molecule has 1 aliphatic carbocycles. The Bertz CT molecular complexity index is 416. The molecule has 0 radical (unpaired) electrons. The fourth-order valence-electron chi connectivity index (χ4n) is 2.33. The lowest BCUT2D eigenvalue weighted by atomic mass is 10.1. The first-order valence-corrected chi connectivity index (χ1v) is 8.12. The SMILES string of the molecule is CSC1(CNC(=O)c2ccc(Br)nc2)CCCC1. The zero-order valence-corrected chi connectivity index (χ0v) is 12.8. The molecule has 5 heteroatoms. The molecule has 1 heterocycles. The molecule has 0 unspecified atom stereocenters. The van der Waals surface area contributed by atoms with Crippen molar-refractivity contribution in [2.45, 2.75) is 30.4 Å². The number of amides is 1. The lowest BCUT2D eigenvalue weighted by Gasteiger charge is -2.26. The predicted molar refractivity (Wildman–Crippen MR) is 79.0 cm³/mol. The molecule has 1 fully saturated rings. The van der Waals surface area contributed by atoms with Gasteiger partial charge in [0.05, 0.1) is 5.56 Å². The number of halogens is 1. The largest absolute Gasteiger partial charge is 0.351 e. The van der Waals surface area contributed by atoms with Gasteiger partial charge in [0.2, 0.25) is 0 Å². The van der Waals surface area contributed by atoms with E-state index in [1.165, 1.54) is 25.7 Å². The minimum Gasteiger partial charge on any atom is -0.351 e. The lowest BCUT2D eigenvalue weighted by molar-refractivity contribution is 0.0949. The summed E-state index contributed by atoms with van der Waals surface area (Å²) in [5.41, 5.74) is 0.618. The van der Waals surface area contributed by atoms with Crippen LogP contribution in [0.1, 0.15) is 36.0 Å². The van der Waals surface area contributed by atoms with Crippen LogP contribution < -0.4 is 5.32 Å². The Morgan fingerprint density at radius 1 is 1.50 bits per heavy atom. The third-order valence-electron chi connectivity index (χ3n) is 3.51. The topological polar surface area (TPSA) is 42.0 Å². The summed E-state index contributed by atoms with van der Waals surface area (Å²) in [6.45, 7) is 0.753. The summed E-state index contributed by atoms with van der Waals surface area (Å²) in [6.07, 6.45) is 8.69. The van der Waals surface area contributed by atoms with E-state index >= 15 is 0 Å². The fourth-order valence-corrected chi connectivity index (χ4v) is 3.47.